The first kappa shape index (κ1) is 10.7. The Hall–Kier alpha value is -0.860. The zero-order chi connectivity index (χ0) is 10.8. The number of hydrogen-bond donors (Lipinski definition) is 0. The lowest BCUT2D eigenvalue weighted by Gasteiger charge is -2.05. The van der Waals surface area contributed by atoms with Crippen molar-refractivity contribution >= 4 is 27.5 Å². The number of hydrogen-bond acceptors (Lipinski definition) is 0. The van der Waals surface area contributed by atoms with Gasteiger partial charge in [-0.2, -0.15) is 0 Å². The van der Waals surface area contributed by atoms with Crippen molar-refractivity contribution in [3.8, 4) is 11.1 Å². The normalized spacial score (nSPS) is 10.3. The van der Waals surface area contributed by atoms with Crippen LogP contribution in [0.5, 0.6) is 0 Å². The predicted octanol–water partition coefficient (Wildman–Crippen LogP) is 4.91. The van der Waals surface area contributed by atoms with Crippen molar-refractivity contribution in [1.82, 2.24) is 0 Å². The fourth-order valence-electron chi connectivity index (χ4n) is 1.39. The van der Waals surface area contributed by atoms with Gasteiger partial charge in [0.05, 0.1) is 0 Å². The van der Waals surface area contributed by atoms with Crippen LogP contribution in [-0.4, -0.2) is 0 Å². The van der Waals surface area contributed by atoms with Crippen LogP contribution in [0.1, 0.15) is 0 Å². The Morgan fingerprint density at radius 1 is 1.00 bits per heavy atom. The summed E-state index contributed by atoms with van der Waals surface area (Å²) in [5.41, 5.74) is 1.37. The van der Waals surface area contributed by atoms with E-state index < -0.39 is 0 Å². The van der Waals surface area contributed by atoms with Gasteiger partial charge in [-0.15, -0.1) is 0 Å². The Morgan fingerprint density at radius 3 is 2.27 bits per heavy atom. The molecule has 3 heteroatoms. The maximum absolute atomic E-state index is 13.6. The fourth-order valence-corrected chi connectivity index (χ4v) is 2.09. The van der Waals surface area contributed by atoms with Crippen molar-refractivity contribution in [2.45, 2.75) is 0 Å². The maximum Gasteiger partial charge on any atom is 0.132 e. The van der Waals surface area contributed by atoms with Gasteiger partial charge in [-0.05, 0) is 29.8 Å². The van der Waals surface area contributed by atoms with Crippen molar-refractivity contribution in [2.75, 3.05) is 0 Å². The zero-order valence-electron chi connectivity index (χ0n) is 7.68. The molecule has 0 bridgehead atoms. The van der Waals surface area contributed by atoms with Crippen LogP contribution in [0.3, 0.4) is 0 Å². The number of benzene rings is 2. The smallest absolute Gasteiger partial charge is 0.132 e. The summed E-state index contributed by atoms with van der Waals surface area (Å²) < 4.78 is 14.3. The summed E-state index contributed by atoms with van der Waals surface area (Å²) in [7, 11) is 0. The Balaban J connectivity index is 2.58. The van der Waals surface area contributed by atoms with Gasteiger partial charge in [0.15, 0.2) is 0 Å². The van der Waals surface area contributed by atoms with Gasteiger partial charge in [0.25, 0.3) is 0 Å². The Bertz CT molecular complexity index is 459. The fraction of sp³-hybridized carbons (Fsp3) is 0. The van der Waals surface area contributed by atoms with Gasteiger partial charge < -0.3 is 0 Å². The summed E-state index contributed by atoms with van der Waals surface area (Å²) in [6.07, 6.45) is 0. The van der Waals surface area contributed by atoms with Crippen LogP contribution in [0.15, 0.2) is 46.9 Å². The van der Waals surface area contributed by atoms with E-state index in [0.717, 1.165) is 10.0 Å². The summed E-state index contributed by atoms with van der Waals surface area (Å²) in [5, 5.41) is 0.645. The summed E-state index contributed by atoms with van der Waals surface area (Å²) in [4.78, 5) is 0. The Kier molecular flexibility index (Phi) is 3.08. The highest BCUT2D eigenvalue weighted by Crippen LogP contribution is 2.31. The molecule has 0 unspecified atom stereocenters. The third-order valence-electron chi connectivity index (χ3n) is 2.10. The van der Waals surface area contributed by atoms with Crippen molar-refractivity contribution in [3.63, 3.8) is 0 Å². The van der Waals surface area contributed by atoms with E-state index in [9.17, 15) is 4.39 Å². The molecular weight excluding hydrogens is 278 g/mol. The standard InChI is InChI=1S/C12H7BrClF/c13-10-2-1-3-11(15)12(10)8-4-6-9(14)7-5-8/h1-7H. The first-order valence-electron chi connectivity index (χ1n) is 4.38. The lowest BCUT2D eigenvalue weighted by Crippen LogP contribution is -1.85. The minimum Gasteiger partial charge on any atom is -0.206 e. The molecule has 0 aliphatic rings. The van der Waals surface area contributed by atoms with E-state index in [-0.39, 0.29) is 5.82 Å². The average Bonchev–Trinajstić information content (AvgIpc) is 2.20. The van der Waals surface area contributed by atoms with Crippen molar-refractivity contribution in [3.05, 3.63) is 57.8 Å². The van der Waals surface area contributed by atoms with Gasteiger partial charge in [-0.25, -0.2) is 4.39 Å². The van der Waals surface area contributed by atoms with E-state index in [0.29, 0.717) is 10.6 Å². The van der Waals surface area contributed by atoms with Crippen LogP contribution in [0.4, 0.5) is 4.39 Å². The van der Waals surface area contributed by atoms with E-state index >= 15 is 0 Å². The second-order valence-corrected chi connectivity index (χ2v) is 4.39. The maximum atomic E-state index is 13.6. The van der Waals surface area contributed by atoms with Gasteiger partial charge in [0.2, 0.25) is 0 Å². The van der Waals surface area contributed by atoms with Gasteiger partial charge in [0, 0.05) is 15.1 Å². The molecule has 0 saturated heterocycles. The third-order valence-corrected chi connectivity index (χ3v) is 3.01. The van der Waals surface area contributed by atoms with Crippen LogP contribution in [0.25, 0.3) is 11.1 Å². The summed E-state index contributed by atoms with van der Waals surface area (Å²) in [6, 6.07) is 12.0. The van der Waals surface area contributed by atoms with Crippen LogP contribution in [0, 0.1) is 5.82 Å². The Morgan fingerprint density at radius 2 is 1.67 bits per heavy atom. The number of halogens is 3. The summed E-state index contributed by atoms with van der Waals surface area (Å²) in [5.74, 6) is -0.244. The molecule has 0 heterocycles. The molecular formula is C12H7BrClF. The van der Waals surface area contributed by atoms with E-state index in [1.54, 1.807) is 30.3 Å². The minimum atomic E-state index is -0.244. The number of rotatable bonds is 1. The van der Waals surface area contributed by atoms with Gasteiger partial charge in [0.1, 0.15) is 5.82 Å². The molecule has 76 valence electrons. The molecule has 0 fully saturated rings. The molecule has 0 radical (unpaired) electrons. The molecule has 2 aromatic carbocycles. The molecule has 2 rings (SSSR count). The van der Waals surface area contributed by atoms with E-state index in [4.69, 9.17) is 11.6 Å². The molecule has 0 spiro atoms. The van der Waals surface area contributed by atoms with Gasteiger partial charge in [-0.3, -0.25) is 0 Å². The van der Waals surface area contributed by atoms with Crippen molar-refractivity contribution in [1.29, 1.82) is 0 Å². The molecule has 0 nitrogen and oxygen atoms in total. The van der Waals surface area contributed by atoms with Crippen LogP contribution in [0.2, 0.25) is 5.02 Å². The summed E-state index contributed by atoms with van der Waals surface area (Å²) in [6.45, 7) is 0. The molecule has 0 atom stereocenters. The molecule has 2 aromatic rings. The van der Waals surface area contributed by atoms with Crippen molar-refractivity contribution < 1.29 is 4.39 Å². The predicted molar refractivity (Wildman–Crippen MR) is 64.5 cm³/mol. The lowest BCUT2D eigenvalue weighted by atomic mass is 10.1. The highest BCUT2D eigenvalue weighted by molar-refractivity contribution is 9.10. The summed E-state index contributed by atoms with van der Waals surface area (Å²) >= 11 is 9.10. The van der Waals surface area contributed by atoms with E-state index in [1.165, 1.54) is 6.07 Å². The minimum absolute atomic E-state index is 0.244. The second-order valence-electron chi connectivity index (χ2n) is 3.10. The highest BCUT2D eigenvalue weighted by Gasteiger charge is 2.08. The average molecular weight is 286 g/mol. The highest BCUT2D eigenvalue weighted by atomic mass is 79.9. The molecule has 0 amide bonds. The molecule has 0 aliphatic carbocycles. The van der Waals surface area contributed by atoms with Gasteiger partial charge in [-0.1, -0.05) is 45.7 Å². The monoisotopic (exact) mass is 284 g/mol. The largest absolute Gasteiger partial charge is 0.206 e. The Labute approximate surface area is 101 Å². The third kappa shape index (κ3) is 2.21. The quantitative estimate of drug-likeness (QED) is 0.698. The lowest BCUT2D eigenvalue weighted by molar-refractivity contribution is 0.630. The van der Waals surface area contributed by atoms with Crippen LogP contribution < -0.4 is 0 Å². The van der Waals surface area contributed by atoms with E-state index in [1.807, 2.05) is 6.07 Å². The van der Waals surface area contributed by atoms with Crippen LogP contribution in [-0.2, 0) is 0 Å². The topological polar surface area (TPSA) is 0 Å². The SMILES string of the molecule is Fc1cccc(Br)c1-c1ccc(Cl)cc1. The van der Waals surface area contributed by atoms with Crippen molar-refractivity contribution in [2.24, 2.45) is 0 Å². The molecule has 0 saturated carbocycles. The molecule has 0 N–H and O–H groups in total. The first-order chi connectivity index (χ1) is 7.18. The molecule has 15 heavy (non-hydrogen) atoms. The zero-order valence-corrected chi connectivity index (χ0v) is 10.0. The van der Waals surface area contributed by atoms with E-state index in [2.05, 4.69) is 15.9 Å². The van der Waals surface area contributed by atoms with Crippen LogP contribution >= 0.6 is 27.5 Å². The van der Waals surface area contributed by atoms with Gasteiger partial charge >= 0.3 is 0 Å². The first-order valence-corrected chi connectivity index (χ1v) is 5.55. The second kappa shape index (κ2) is 4.33. The molecule has 0 aliphatic heterocycles. The molecule has 0 aromatic heterocycles.